The number of nitrogens with one attached hydrogen (secondary N) is 1. The number of fused-ring (bicyclic) bond motifs is 1. The van der Waals surface area contributed by atoms with E-state index in [9.17, 15) is 4.79 Å². The maximum atomic E-state index is 12.7. The molecule has 0 spiro atoms. The van der Waals surface area contributed by atoms with E-state index in [4.69, 9.17) is 14.2 Å². The Balaban J connectivity index is 1.73. The van der Waals surface area contributed by atoms with Gasteiger partial charge in [-0.05, 0) is 51.5 Å². The first-order valence-electron chi connectivity index (χ1n) is 9.18. The van der Waals surface area contributed by atoms with Crippen LogP contribution in [0.15, 0.2) is 42.5 Å². The molecule has 1 aliphatic heterocycles. The zero-order valence-electron chi connectivity index (χ0n) is 16.5. The molecule has 1 N–H and O–H groups in total. The summed E-state index contributed by atoms with van der Waals surface area (Å²) in [4.78, 5) is 12.7. The first-order valence-corrected chi connectivity index (χ1v) is 9.18. The predicted molar refractivity (Wildman–Crippen MR) is 104 cm³/mol. The highest BCUT2D eigenvalue weighted by Gasteiger charge is 2.35. The Morgan fingerprint density at radius 1 is 1.22 bits per heavy atom. The summed E-state index contributed by atoms with van der Waals surface area (Å²) in [5, 5.41) is 3.12. The summed E-state index contributed by atoms with van der Waals surface area (Å²) < 4.78 is 17.1. The molecule has 3 rings (SSSR count). The van der Waals surface area contributed by atoms with Crippen LogP contribution in [0.25, 0.3) is 0 Å². The summed E-state index contributed by atoms with van der Waals surface area (Å²) in [6.45, 7) is 7.85. The Bertz CT molecular complexity index is 831. The van der Waals surface area contributed by atoms with Gasteiger partial charge in [-0.3, -0.25) is 4.79 Å². The maximum Gasteiger partial charge on any atom is 0.261 e. The second-order valence-electron chi connectivity index (χ2n) is 7.61. The Hall–Kier alpha value is -2.69. The number of carbonyl (C=O) groups excluding carboxylic acids is 1. The van der Waals surface area contributed by atoms with Gasteiger partial charge in [0.2, 0.25) is 0 Å². The number of hydrogen-bond donors (Lipinski definition) is 1. The van der Waals surface area contributed by atoms with Gasteiger partial charge in [0.15, 0.2) is 6.10 Å². The normalized spacial score (nSPS) is 18.6. The molecule has 0 radical (unpaired) electrons. The van der Waals surface area contributed by atoms with Gasteiger partial charge in [0.25, 0.3) is 5.91 Å². The molecule has 0 fully saturated rings. The van der Waals surface area contributed by atoms with Crippen molar-refractivity contribution in [2.24, 2.45) is 0 Å². The van der Waals surface area contributed by atoms with Crippen LogP contribution in [0.3, 0.4) is 0 Å². The fourth-order valence-electron chi connectivity index (χ4n) is 3.31. The predicted octanol–water partition coefficient (Wildman–Crippen LogP) is 4.19. The number of rotatable bonds is 5. The number of ether oxygens (including phenoxy) is 3. The van der Waals surface area contributed by atoms with Gasteiger partial charge in [-0.25, -0.2) is 0 Å². The average molecular weight is 369 g/mol. The Labute approximate surface area is 160 Å². The smallest absolute Gasteiger partial charge is 0.261 e. The van der Waals surface area contributed by atoms with E-state index in [-0.39, 0.29) is 17.6 Å². The third-order valence-corrected chi connectivity index (χ3v) is 4.67. The van der Waals surface area contributed by atoms with Crippen molar-refractivity contribution >= 4 is 5.91 Å². The summed E-state index contributed by atoms with van der Waals surface area (Å²) >= 11 is 0. The monoisotopic (exact) mass is 369 g/mol. The lowest BCUT2D eigenvalue weighted by atomic mass is 9.89. The van der Waals surface area contributed by atoms with Crippen LogP contribution in [0, 0.1) is 6.92 Å². The minimum absolute atomic E-state index is 0.117. The zero-order chi connectivity index (χ0) is 19.6. The van der Waals surface area contributed by atoms with Crippen molar-refractivity contribution < 1.29 is 19.0 Å². The van der Waals surface area contributed by atoms with E-state index in [2.05, 4.69) is 5.32 Å². The van der Waals surface area contributed by atoms with Crippen molar-refractivity contribution in [1.82, 2.24) is 5.32 Å². The lowest BCUT2D eigenvalue weighted by molar-refractivity contribution is -0.128. The van der Waals surface area contributed by atoms with Crippen LogP contribution < -0.4 is 19.5 Å². The zero-order valence-corrected chi connectivity index (χ0v) is 16.5. The van der Waals surface area contributed by atoms with Crippen molar-refractivity contribution in [1.29, 1.82) is 0 Å². The number of aryl methyl sites for hydroxylation is 1. The molecular weight excluding hydrogens is 342 g/mol. The van der Waals surface area contributed by atoms with E-state index in [0.29, 0.717) is 17.9 Å². The molecule has 0 bridgehead atoms. The standard InChI is InChI=1S/C22H27NO4/c1-14-9-10-18-19(13-22(3,4)27-20(18)11-14)23-21(24)15(2)26-17-8-6-7-16(12-17)25-5/h6-12,15,19H,13H2,1-5H3,(H,23,24)/t15-,19-/m0/s1. The van der Waals surface area contributed by atoms with Gasteiger partial charge in [0, 0.05) is 18.1 Å². The number of methoxy groups -OCH3 is 1. The van der Waals surface area contributed by atoms with Crippen LogP contribution in [0.5, 0.6) is 17.2 Å². The second-order valence-corrected chi connectivity index (χ2v) is 7.61. The Morgan fingerprint density at radius 2 is 1.96 bits per heavy atom. The van der Waals surface area contributed by atoms with Crippen molar-refractivity contribution in [3.63, 3.8) is 0 Å². The van der Waals surface area contributed by atoms with E-state index < -0.39 is 6.10 Å². The van der Waals surface area contributed by atoms with Gasteiger partial charge in [0.05, 0.1) is 13.2 Å². The third-order valence-electron chi connectivity index (χ3n) is 4.67. The largest absolute Gasteiger partial charge is 0.497 e. The Kier molecular flexibility index (Phi) is 5.31. The highest BCUT2D eigenvalue weighted by Crippen LogP contribution is 2.40. The van der Waals surface area contributed by atoms with Crippen molar-refractivity contribution in [3.05, 3.63) is 53.6 Å². The molecule has 0 aromatic heterocycles. The van der Waals surface area contributed by atoms with Crippen LogP contribution in [-0.4, -0.2) is 24.7 Å². The van der Waals surface area contributed by atoms with E-state index in [0.717, 1.165) is 16.9 Å². The maximum absolute atomic E-state index is 12.7. The minimum Gasteiger partial charge on any atom is -0.497 e. The third kappa shape index (κ3) is 4.54. The van der Waals surface area contributed by atoms with Crippen LogP contribution >= 0.6 is 0 Å². The summed E-state index contributed by atoms with van der Waals surface area (Å²) in [5.41, 5.74) is 1.78. The highest BCUT2D eigenvalue weighted by molar-refractivity contribution is 5.81. The van der Waals surface area contributed by atoms with Gasteiger partial charge in [-0.2, -0.15) is 0 Å². The van der Waals surface area contributed by atoms with Gasteiger partial charge in [-0.15, -0.1) is 0 Å². The van der Waals surface area contributed by atoms with E-state index in [1.54, 1.807) is 20.1 Å². The van der Waals surface area contributed by atoms with Gasteiger partial charge in [0.1, 0.15) is 22.8 Å². The molecule has 0 unspecified atom stereocenters. The molecule has 0 saturated carbocycles. The molecule has 1 heterocycles. The number of hydrogen-bond acceptors (Lipinski definition) is 4. The summed E-state index contributed by atoms with van der Waals surface area (Å²) in [6.07, 6.45) is 0.0673. The lowest BCUT2D eigenvalue weighted by Gasteiger charge is -2.38. The van der Waals surface area contributed by atoms with Crippen molar-refractivity contribution in [3.8, 4) is 17.2 Å². The molecule has 2 aromatic carbocycles. The van der Waals surface area contributed by atoms with Gasteiger partial charge >= 0.3 is 0 Å². The van der Waals surface area contributed by atoms with Crippen molar-refractivity contribution in [2.75, 3.05) is 7.11 Å². The first kappa shape index (κ1) is 19.1. The topological polar surface area (TPSA) is 56.8 Å². The molecule has 5 heteroatoms. The van der Waals surface area contributed by atoms with Crippen LogP contribution in [-0.2, 0) is 4.79 Å². The van der Waals surface area contributed by atoms with E-state index in [1.165, 1.54) is 0 Å². The molecule has 1 amide bonds. The quantitative estimate of drug-likeness (QED) is 0.859. The van der Waals surface area contributed by atoms with E-state index >= 15 is 0 Å². The van der Waals surface area contributed by atoms with E-state index in [1.807, 2.05) is 57.2 Å². The van der Waals surface area contributed by atoms with Gasteiger partial charge < -0.3 is 19.5 Å². The van der Waals surface area contributed by atoms with Crippen LogP contribution in [0.1, 0.15) is 44.4 Å². The molecule has 5 nitrogen and oxygen atoms in total. The highest BCUT2D eigenvalue weighted by atomic mass is 16.5. The second kappa shape index (κ2) is 7.51. The SMILES string of the molecule is COc1cccc(O[C@@H](C)C(=O)N[C@H]2CC(C)(C)Oc3cc(C)ccc32)c1. The van der Waals surface area contributed by atoms with Crippen LogP contribution in [0.2, 0.25) is 0 Å². The van der Waals surface area contributed by atoms with Gasteiger partial charge in [-0.1, -0.05) is 18.2 Å². The Morgan fingerprint density at radius 3 is 2.70 bits per heavy atom. The summed E-state index contributed by atoms with van der Waals surface area (Å²) in [6, 6.07) is 13.2. The number of benzene rings is 2. The molecule has 27 heavy (non-hydrogen) atoms. The van der Waals surface area contributed by atoms with Crippen LogP contribution in [0.4, 0.5) is 0 Å². The number of carbonyl (C=O) groups is 1. The summed E-state index contributed by atoms with van der Waals surface area (Å²) in [5.74, 6) is 1.96. The molecule has 0 aliphatic carbocycles. The molecule has 1 aliphatic rings. The fourth-order valence-corrected chi connectivity index (χ4v) is 3.31. The average Bonchev–Trinajstić information content (AvgIpc) is 2.60. The minimum atomic E-state index is -0.628. The number of amides is 1. The molecule has 0 saturated heterocycles. The van der Waals surface area contributed by atoms with Crippen molar-refractivity contribution in [2.45, 2.75) is 51.9 Å². The molecular formula is C22H27NO4. The first-order chi connectivity index (χ1) is 12.8. The molecule has 2 aromatic rings. The molecule has 2 atom stereocenters. The fraction of sp³-hybridized carbons (Fsp3) is 0.409. The molecule has 144 valence electrons. The summed E-state index contributed by atoms with van der Waals surface area (Å²) in [7, 11) is 1.60. The lowest BCUT2D eigenvalue weighted by Crippen LogP contribution is -2.44.